The molecule has 1 N–H and O–H groups in total. The Kier molecular flexibility index (Phi) is 4.28. The third kappa shape index (κ3) is 3.36. The number of hydrogen-bond donors (Lipinski definition) is 1. The van der Waals surface area contributed by atoms with Crippen molar-refractivity contribution >= 4 is 17.4 Å². The van der Waals surface area contributed by atoms with E-state index in [0.717, 1.165) is 48.4 Å². The van der Waals surface area contributed by atoms with E-state index in [2.05, 4.69) is 58.5 Å². The van der Waals surface area contributed by atoms with Crippen molar-refractivity contribution in [2.24, 2.45) is 4.99 Å². The number of nitrogens with zero attached hydrogens (tertiary/aromatic N) is 5. The predicted octanol–water partition coefficient (Wildman–Crippen LogP) is 3.07. The highest BCUT2D eigenvalue weighted by Crippen LogP contribution is 2.24. The lowest BCUT2D eigenvalue weighted by atomic mass is 10.0. The van der Waals surface area contributed by atoms with E-state index in [-0.39, 0.29) is 6.17 Å². The first-order valence-corrected chi connectivity index (χ1v) is 9.93. The Bertz CT molecular complexity index is 1070. The number of aryl methyl sites for hydroxylation is 4. The highest BCUT2D eigenvalue weighted by molar-refractivity contribution is 6.11. The van der Waals surface area contributed by atoms with E-state index >= 15 is 0 Å². The van der Waals surface area contributed by atoms with E-state index in [4.69, 9.17) is 4.98 Å². The highest BCUT2D eigenvalue weighted by Gasteiger charge is 2.28. The Hall–Kier alpha value is -2.86. The molecule has 6 heteroatoms. The number of aromatic nitrogens is 4. The largest absolute Gasteiger partial charge is 0.289 e. The van der Waals surface area contributed by atoms with Gasteiger partial charge in [0.25, 0.3) is 0 Å². The van der Waals surface area contributed by atoms with E-state index in [9.17, 15) is 0 Å². The second kappa shape index (κ2) is 6.95. The molecular weight excluding hydrogens is 348 g/mol. The van der Waals surface area contributed by atoms with E-state index < -0.39 is 0 Å². The summed E-state index contributed by atoms with van der Waals surface area (Å²) in [5, 5.41) is 8.07. The van der Waals surface area contributed by atoms with Crippen LogP contribution in [0.4, 0.5) is 0 Å². The van der Waals surface area contributed by atoms with Crippen molar-refractivity contribution in [2.45, 2.75) is 51.7 Å². The molecule has 0 aliphatic carbocycles. The molecule has 142 valence electrons. The van der Waals surface area contributed by atoms with Gasteiger partial charge in [-0.2, -0.15) is 5.10 Å². The van der Waals surface area contributed by atoms with Gasteiger partial charge in [-0.05, 0) is 32.3 Å². The van der Waals surface area contributed by atoms with Gasteiger partial charge in [0.05, 0.1) is 0 Å². The molecule has 3 aliphatic heterocycles. The molecule has 0 saturated carbocycles. The molecule has 0 radical (unpaired) electrons. The third-order valence-corrected chi connectivity index (χ3v) is 5.38. The van der Waals surface area contributed by atoms with Gasteiger partial charge in [0.15, 0.2) is 11.5 Å². The molecule has 2 atom stereocenters. The zero-order chi connectivity index (χ0) is 19.1. The monoisotopic (exact) mass is 372 g/mol. The van der Waals surface area contributed by atoms with Crippen LogP contribution < -0.4 is 5.32 Å². The van der Waals surface area contributed by atoms with Gasteiger partial charge in [-0.25, -0.2) is 9.50 Å². The van der Waals surface area contributed by atoms with Gasteiger partial charge >= 0.3 is 0 Å². The summed E-state index contributed by atoms with van der Waals surface area (Å²) in [4.78, 5) is 13.9. The lowest BCUT2D eigenvalue weighted by Gasteiger charge is -2.30. The zero-order valence-corrected chi connectivity index (χ0v) is 16.3. The van der Waals surface area contributed by atoms with Crippen molar-refractivity contribution in [3.05, 3.63) is 64.9 Å². The van der Waals surface area contributed by atoms with Crippen LogP contribution in [0.3, 0.4) is 0 Å². The summed E-state index contributed by atoms with van der Waals surface area (Å²) in [6, 6.07) is 7.13. The van der Waals surface area contributed by atoms with Crippen molar-refractivity contribution in [3.63, 3.8) is 0 Å². The number of rotatable bonds is 5. The number of aliphatic imine (C=N–C) groups is 1. The van der Waals surface area contributed by atoms with Crippen molar-refractivity contribution in [3.8, 4) is 0 Å². The maximum absolute atomic E-state index is 4.79. The topological polar surface area (TPSA) is 67.5 Å². The van der Waals surface area contributed by atoms with Crippen LogP contribution in [0.2, 0.25) is 0 Å². The Morgan fingerprint density at radius 1 is 1.14 bits per heavy atom. The van der Waals surface area contributed by atoms with Crippen molar-refractivity contribution in [1.82, 2.24) is 24.9 Å². The second-order valence-corrected chi connectivity index (χ2v) is 7.85. The Morgan fingerprint density at radius 2 is 1.96 bits per heavy atom. The number of allylic oxidation sites excluding steroid dienone is 1. The highest BCUT2D eigenvalue weighted by atomic mass is 15.3. The van der Waals surface area contributed by atoms with Crippen molar-refractivity contribution in [2.75, 3.05) is 0 Å². The van der Waals surface area contributed by atoms with Gasteiger partial charge in [0.2, 0.25) is 0 Å². The van der Waals surface area contributed by atoms with Crippen LogP contribution in [0.15, 0.2) is 41.7 Å². The van der Waals surface area contributed by atoms with Gasteiger partial charge in [-0.3, -0.25) is 15.3 Å². The fourth-order valence-corrected chi connectivity index (χ4v) is 4.09. The smallest absolute Gasteiger partial charge is 0.181 e. The molecule has 1 fully saturated rings. The van der Waals surface area contributed by atoms with Gasteiger partial charge in [0.1, 0.15) is 11.9 Å². The molecule has 2 aromatic heterocycles. The second-order valence-electron chi connectivity index (χ2n) is 7.85. The number of benzene rings is 1. The summed E-state index contributed by atoms with van der Waals surface area (Å²) in [6.45, 7) is 4.30. The molecule has 2 unspecified atom stereocenters. The Balaban J connectivity index is 1.35. The first-order chi connectivity index (χ1) is 13.6. The third-order valence-electron chi connectivity index (χ3n) is 5.38. The molecule has 2 bridgehead atoms. The summed E-state index contributed by atoms with van der Waals surface area (Å²) in [7, 11) is 0. The predicted molar refractivity (Wildman–Crippen MR) is 111 cm³/mol. The summed E-state index contributed by atoms with van der Waals surface area (Å²) < 4.78 is 1.84. The molecule has 3 aliphatic rings. The molecule has 3 aromatic rings. The van der Waals surface area contributed by atoms with E-state index in [1.807, 2.05) is 16.9 Å². The normalized spacial score (nSPS) is 20.7. The van der Waals surface area contributed by atoms with E-state index in [0.29, 0.717) is 6.04 Å². The minimum atomic E-state index is 0.247. The van der Waals surface area contributed by atoms with Crippen LogP contribution in [0.25, 0.3) is 11.2 Å². The maximum atomic E-state index is 4.79. The number of hydrogen-bond acceptors (Lipinski definition) is 5. The van der Waals surface area contributed by atoms with Gasteiger partial charge in [-0.1, -0.05) is 35.4 Å². The SMILES string of the molecule is Cc1cc(C)cc(CCCc2nc3c(C4=CC5CC(N=C4)N5)nccn3n2)c1. The van der Waals surface area contributed by atoms with Crippen molar-refractivity contribution in [1.29, 1.82) is 0 Å². The summed E-state index contributed by atoms with van der Waals surface area (Å²) in [6.07, 6.45) is 12.0. The van der Waals surface area contributed by atoms with Crippen LogP contribution in [0.5, 0.6) is 0 Å². The average Bonchev–Trinajstić information content (AvgIpc) is 2.79. The minimum Gasteiger partial charge on any atom is -0.289 e. The minimum absolute atomic E-state index is 0.247. The van der Waals surface area contributed by atoms with Crippen LogP contribution in [0.1, 0.15) is 41.1 Å². The molecule has 5 heterocycles. The zero-order valence-electron chi connectivity index (χ0n) is 16.3. The molecule has 1 aromatic carbocycles. The molecule has 28 heavy (non-hydrogen) atoms. The lowest BCUT2D eigenvalue weighted by molar-refractivity contribution is 0.322. The lowest BCUT2D eigenvalue weighted by Crippen LogP contribution is -2.49. The fourth-order valence-electron chi connectivity index (χ4n) is 4.09. The molecule has 6 nitrogen and oxygen atoms in total. The van der Waals surface area contributed by atoms with Crippen LogP contribution in [-0.4, -0.2) is 38.0 Å². The van der Waals surface area contributed by atoms with Crippen molar-refractivity contribution < 1.29 is 0 Å². The average molecular weight is 372 g/mol. The number of fused-ring (bicyclic) bond motifs is 2. The maximum Gasteiger partial charge on any atom is 0.181 e. The van der Waals surface area contributed by atoms with E-state index in [1.54, 1.807) is 6.20 Å². The molecule has 1 saturated heterocycles. The quantitative estimate of drug-likeness (QED) is 0.747. The van der Waals surface area contributed by atoms with Crippen LogP contribution in [-0.2, 0) is 12.8 Å². The Morgan fingerprint density at radius 3 is 2.79 bits per heavy atom. The van der Waals surface area contributed by atoms with E-state index in [1.165, 1.54) is 16.7 Å². The van der Waals surface area contributed by atoms with Crippen LogP contribution >= 0.6 is 0 Å². The van der Waals surface area contributed by atoms with Gasteiger partial charge < -0.3 is 0 Å². The first kappa shape index (κ1) is 17.3. The summed E-state index contributed by atoms with van der Waals surface area (Å²) in [5.74, 6) is 0.868. The van der Waals surface area contributed by atoms with Gasteiger partial charge in [0, 0.05) is 43.1 Å². The Labute approximate surface area is 164 Å². The molecule has 0 amide bonds. The summed E-state index contributed by atoms with van der Waals surface area (Å²) in [5.41, 5.74) is 6.71. The standard InChI is InChI=1S/C22H24N6/c1-14-8-15(2)10-16(9-14)4-3-5-19-26-22-21(23-6-7-28(22)27-19)17-11-18-12-20(25-18)24-13-17/h6-11,13,18,20,25H,3-5,12H2,1-2H3. The number of nitrogens with one attached hydrogen (secondary N) is 1. The van der Waals surface area contributed by atoms with Crippen LogP contribution in [0, 0.1) is 13.8 Å². The summed E-state index contributed by atoms with van der Waals surface area (Å²) >= 11 is 0. The molecule has 0 spiro atoms. The first-order valence-electron chi connectivity index (χ1n) is 9.93. The molecular formula is C22H24N6. The molecule has 6 rings (SSSR count). The van der Waals surface area contributed by atoms with Gasteiger partial charge in [-0.15, -0.1) is 0 Å². The fraction of sp³-hybridized carbons (Fsp3) is 0.364.